The van der Waals surface area contributed by atoms with E-state index in [1.807, 2.05) is 6.07 Å². The summed E-state index contributed by atoms with van der Waals surface area (Å²) in [6, 6.07) is 4.07. The van der Waals surface area contributed by atoms with Crippen LogP contribution in [-0.2, 0) is 0 Å². The summed E-state index contributed by atoms with van der Waals surface area (Å²) >= 11 is 3.50. The predicted molar refractivity (Wildman–Crippen MR) is 73.5 cm³/mol. The summed E-state index contributed by atoms with van der Waals surface area (Å²) < 4.78 is 0.999. The average molecular weight is 295 g/mol. The molecule has 2 aromatic rings. The third-order valence-electron chi connectivity index (χ3n) is 2.88. The van der Waals surface area contributed by atoms with Crippen molar-refractivity contribution < 1.29 is 4.79 Å². The molecular formula is C13H15BrN2O. The number of rotatable bonds is 2. The molecule has 0 bridgehead atoms. The fourth-order valence-corrected chi connectivity index (χ4v) is 2.48. The number of hydrogen-bond acceptors (Lipinski definition) is 1. The van der Waals surface area contributed by atoms with Gasteiger partial charge >= 0.3 is 0 Å². The molecular weight excluding hydrogens is 280 g/mol. The van der Waals surface area contributed by atoms with Gasteiger partial charge in [0.2, 0.25) is 0 Å². The van der Waals surface area contributed by atoms with E-state index in [0.717, 1.165) is 15.4 Å². The summed E-state index contributed by atoms with van der Waals surface area (Å²) in [5.41, 5.74) is 2.94. The molecule has 1 aromatic heterocycles. The van der Waals surface area contributed by atoms with Gasteiger partial charge in [0.15, 0.2) is 0 Å². The topological polar surface area (TPSA) is 44.9 Å². The van der Waals surface area contributed by atoms with Crippen LogP contribution < -0.4 is 5.32 Å². The Hall–Kier alpha value is -1.29. The molecule has 0 saturated heterocycles. The first-order valence-corrected chi connectivity index (χ1v) is 6.36. The average Bonchev–Trinajstić information content (AvgIpc) is 2.70. The SMILES string of the molecule is CNC(=O)c1c[nH]c2c(C(C)C)cc(Br)cc12. The van der Waals surface area contributed by atoms with Crippen LogP contribution >= 0.6 is 15.9 Å². The Morgan fingerprint density at radius 1 is 1.41 bits per heavy atom. The van der Waals surface area contributed by atoms with Crippen molar-refractivity contribution in [2.45, 2.75) is 19.8 Å². The molecule has 0 aliphatic carbocycles. The number of nitrogens with one attached hydrogen (secondary N) is 2. The Bertz CT molecular complexity index is 572. The summed E-state index contributed by atoms with van der Waals surface area (Å²) in [5, 5.41) is 3.61. The van der Waals surface area contributed by atoms with Crippen LogP contribution in [0.5, 0.6) is 0 Å². The van der Waals surface area contributed by atoms with Crippen molar-refractivity contribution in [3.8, 4) is 0 Å². The van der Waals surface area contributed by atoms with Gasteiger partial charge in [0.25, 0.3) is 5.91 Å². The third kappa shape index (κ3) is 2.09. The summed E-state index contributed by atoms with van der Waals surface area (Å²) in [4.78, 5) is 14.9. The molecule has 1 heterocycles. The Balaban J connectivity index is 2.73. The molecule has 0 atom stereocenters. The van der Waals surface area contributed by atoms with Gasteiger partial charge in [0.1, 0.15) is 0 Å². The van der Waals surface area contributed by atoms with Crippen molar-refractivity contribution in [2.24, 2.45) is 0 Å². The maximum Gasteiger partial charge on any atom is 0.253 e. The molecule has 0 aliphatic heterocycles. The molecule has 90 valence electrons. The molecule has 0 radical (unpaired) electrons. The predicted octanol–water partition coefficient (Wildman–Crippen LogP) is 3.41. The largest absolute Gasteiger partial charge is 0.360 e. The zero-order valence-corrected chi connectivity index (χ0v) is 11.7. The minimum Gasteiger partial charge on any atom is -0.360 e. The highest BCUT2D eigenvalue weighted by Crippen LogP contribution is 2.30. The van der Waals surface area contributed by atoms with E-state index >= 15 is 0 Å². The molecule has 0 aliphatic rings. The van der Waals surface area contributed by atoms with Crippen LogP contribution in [-0.4, -0.2) is 17.9 Å². The lowest BCUT2D eigenvalue weighted by molar-refractivity contribution is 0.0965. The molecule has 2 N–H and O–H groups in total. The van der Waals surface area contributed by atoms with Crippen LogP contribution in [0.25, 0.3) is 10.9 Å². The van der Waals surface area contributed by atoms with Gasteiger partial charge in [0, 0.05) is 28.6 Å². The summed E-state index contributed by atoms with van der Waals surface area (Å²) in [6.07, 6.45) is 1.77. The first-order chi connectivity index (χ1) is 8.04. The molecule has 4 heteroatoms. The molecule has 3 nitrogen and oxygen atoms in total. The van der Waals surface area contributed by atoms with Gasteiger partial charge in [-0.15, -0.1) is 0 Å². The molecule has 1 amide bonds. The zero-order chi connectivity index (χ0) is 12.6. The molecule has 0 spiro atoms. The van der Waals surface area contributed by atoms with E-state index in [1.165, 1.54) is 5.56 Å². The van der Waals surface area contributed by atoms with Crippen molar-refractivity contribution in [3.63, 3.8) is 0 Å². The number of amides is 1. The molecule has 0 fully saturated rings. The fraction of sp³-hybridized carbons (Fsp3) is 0.308. The number of carbonyl (C=O) groups excluding carboxylic acids is 1. The van der Waals surface area contributed by atoms with E-state index in [9.17, 15) is 4.79 Å². The van der Waals surface area contributed by atoms with Gasteiger partial charge in [0.05, 0.1) is 5.56 Å². The summed E-state index contributed by atoms with van der Waals surface area (Å²) in [6.45, 7) is 4.28. The number of aromatic nitrogens is 1. The lowest BCUT2D eigenvalue weighted by Gasteiger charge is -2.08. The maximum atomic E-state index is 11.7. The van der Waals surface area contributed by atoms with E-state index in [-0.39, 0.29) is 5.91 Å². The van der Waals surface area contributed by atoms with E-state index in [2.05, 4.69) is 46.1 Å². The standard InChI is InChI=1S/C13H15BrN2O/c1-7(2)9-4-8(14)5-10-11(13(17)15-3)6-16-12(9)10/h4-7,16H,1-3H3,(H,15,17). The smallest absolute Gasteiger partial charge is 0.253 e. The van der Waals surface area contributed by atoms with Gasteiger partial charge in [-0.3, -0.25) is 4.79 Å². The Morgan fingerprint density at radius 3 is 2.71 bits per heavy atom. The first-order valence-electron chi connectivity index (χ1n) is 5.57. The van der Waals surface area contributed by atoms with E-state index in [4.69, 9.17) is 0 Å². The quantitative estimate of drug-likeness (QED) is 0.876. The highest BCUT2D eigenvalue weighted by atomic mass is 79.9. The highest BCUT2D eigenvalue weighted by Gasteiger charge is 2.15. The minimum atomic E-state index is -0.0657. The number of fused-ring (bicyclic) bond motifs is 1. The number of aromatic amines is 1. The van der Waals surface area contributed by atoms with Gasteiger partial charge < -0.3 is 10.3 Å². The van der Waals surface area contributed by atoms with Crippen molar-refractivity contribution in [1.29, 1.82) is 0 Å². The van der Waals surface area contributed by atoms with Gasteiger partial charge in [-0.05, 0) is 23.6 Å². The Kier molecular flexibility index (Phi) is 3.24. The van der Waals surface area contributed by atoms with Crippen LogP contribution in [0.4, 0.5) is 0 Å². The van der Waals surface area contributed by atoms with Crippen LogP contribution in [0.15, 0.2) is 22.8 Å². The van der Waals surface area contributed by atoms with Gasteiger partial charge in [-0.25, -0.2) is 0 Å². The monoisotopic (exact) mass is 294 g/mol. The first kappa shape index (κ1) is 12.2. The van der Waals surface area contributed by atoms with Crippen LogP contribution in [0, 0.1) is 0 Å². The minimum absolute atomic E-state index is 0.0657. The molecule has 17 heavy (non-hydrogen) atoms. The Morgan fingerprint density at radius 2 is 2.12 bits per heavy atom. The van der Waals surface area contributed by atoms with E-state index in [1.54, 1.807) is 13.2 Å². The van der Waals surface area contributed by atoms with Crippen molar-refractivity contribution >= 4 is 32.7 Å². The molecule has 2 rings (SSSR count). The second-order valence-electron chi connectivity index (χ2n) is 4.35. The Labute approximate surface area is 109 Å². The lowest BCUT2D eigenvalue weighted by atomic mass is 9.99. The summed E-state index contributed by atoms with van der Waals surface area (Å²) in [7, 11) is 1.64. The second-order valence-corrected chi connectivity index (χ2v) is 5.27. The van der Waals surface area contributed by atoms with Crippen LogP contribution in [0.3, 0.4) is 0 Å². The highest BCUT2D eigenvalue weighted by molar-refractivity contribution is 9.10. The number of halogens is 1. The normalized spacial score (nSPS) is 11.1. The van der Waals surface area contributed by atoms with Crippen LogP contribution in [0.2, 0.25) is 0 Å². The molecule has 0 unspecified atom stereocenters. The number of H-pyrrole nitrogens is 1. The lowest BCUT2D eigenvalue weighted by Crippen LogP contribution is -2.17. The van der Waals surface area contributed by atoms with E-state index < -0.39 is 0 Å². The number of hydrogen-bond donors (Lipinski definition) is 2. The van der Waals surface area contributed by atoms with E-state index in [0.29, 0.717) is 11.5 Å². The third-order valence-corrected chi connectivity index (χ3v) is 3.34. The van der Waals surface area contributed by atoms with Crippen LogP contribution in [0.1, 0.15) is 35.7 Å². The molecule has 1 aromatic carbocycles. The summed E-state index contributed by atoms with van der Waals surface area (Å²) in [5.74, 6) is 0.343. The number of benzene rings is 1. The molecule has 0 saturated carbocycles. The van der Waals surface area contributed by atoms with Crippen molar-refractivity contribution in [1.82, 2.24) is 10.3 Å². The second kappa shape index (κ2) is 4.53. The maximum absolute atomic E-state index is 11.7. The fourth-order valence-electron chi connectivity index (χ4n) is 2.00. The van der Waals surface area contributed by atoms with Gasteiger partial charge in [-0.2, -0.15) is 0 Å². The van der Waals surface area contributed by atoms with Gasteiger partial charge in [-0.1, -0.05) is 29.8 Å². The number of carbonyl (C=O) groups is 1. The zero-order valence-electron chi connectivity index (χ0n) is 10.1. The van der Waals surface area contributed by atoms with Crippen molar-refractivity contribution in [2.75, 3.05) is 7.05 Å². The van der Waals surface area contributed by atoms with Crippen molar-refractivity contribution in [3.05, 3.63) is 33.9 Å².